The van der Waals surface area contributed by atoms with Crippen LogP contribution in [-0.2, 0) is 0 Å². The maximum atomic E-state index is 3.93. The van der Waals surface area contributed by atoms with Gasteiger partial charge in [0.2, 0.25) is 0 Å². The van der Waals surface area contributed by atoms with Crippen LogP contribution in [0.3, 0.4) is 0 Å². The quantitative estimate of drug-likeness (QED) is 0.645. The standard InChI is InChI=1S/C12H17N/c1-5-9(3)11-8-7-10(4)13-12(11)6-2/h5-6,13H,1,4,7-8H2,2-3H3/b11-9-,12-6+. The molecule has 1 heterocycles. The van der Waals surface area contributed by atoms with E-state index in [-0.39, 0.29) is 0 Å². The van der Waals surface area contributed by atoms with Gasteiger partial charge in [-0.25, -0.2) is 0 Å². The number of hydrogen-bond donors (Lipinski definition) is 1. The second-order valence-electron chi connectivity index (χ2n) is 3.30. The minimum atomic E-state index is 1.03. The summed E-state index contributed by atoms with van der Waals surface area (Å²) in [6, 6.07) is 0. The van der Waals surface area contributed by atoms with E-state index < -0.39 is 0 Å². The highest BCUT2D eigenvalue weighted by atomic mass is 14.9. The summed E-state index contributed by atoms with van der Waals surface area (Å²) in [5.41, 5.74) is 4.92. The molecule has 0 aliphatic carbocycles. The summed E-state index contributed by atoms with van der Waals surface area (Å²) in [5.74, 6) is 0. The normalized spacial score (nSPS) is 24.2. The van der Waals surface area contributed by atoms with Gasteiger partial charge in [0.25, 0.3) is 0 Å². The Hall–Kier alpha value is -1.24. The van der Waals surface area contributed by atoms with E-state index in [1.807, 2.05) is 13.0 Å². The largest absolute Gasteiger partial charge is 0.359 e. The molecule has 0 aromatic carbocycles. The number of nitrogens with one attached hydrogen (secondary N) is 1. The van der Waals surface area contributed by atoms with Crippen LogP contribution in [0.5, 0.6) is 0 Å². The molecular weight excluding hydrogens is 158 g/mol. The van der Waals surface area contributed by atoms with Crippen LogP contribution < -0.4 is 5.32 Å². The Balaban J connectivity index is 2.99. The SMILES string of the molecule is C=C/C(C)=C1/CCC(=C)N/C1=C/C. The molecule has 0 unspecified atom stereocenters. The molecule has 0 aromatic heterocycles. The minimum absolute atomic E-state index is 1.03. The number of rotatable bonds is 1. The lowest BCUT2D eigenvalue weighted by Gasteiger charge is -2.23. The Kier molecular flexibility index (Phi) is 3.13. The third-order valence-electron chi connectivity index (χ3n) is 2.38. The summed E-state index contributed by atoms with van der Waals surface area (Å²) in [6.45, 7) is 11.9. The van der Waals surface area contributed by atoms with Crippen molar-refractivity contribution in [3.05, 3.63) is 47.9 Å². The van der Waals surface area contributed by atoms with E-state index >= 15 is 0 Å². The zero-order valence-electron chi connectivity index (χ0n) is 8.48. The van der Waals surface area contributed by atoms with Gasteiger partial charge >= 0.3 is 0 Å². The highest BCUT2D eigenvalue weighted by molar-refractivity contribution is 5.41. The van der Waals surface area contributed by atoms with Crippen molar-refractivity contribution in [2.45, 2.75) is 26.7 Å². The molecular formula is C12H17N. The Morgan fingerprint density at radius 1 is 1.46 bits per heavy atom. The summed E-state index contributed by atoms with van der Waals surface area (Å²) in [4.78, 5) is 0. The maximum Gasteiger partial charge on any atom is 0.0373 e. The summed E-state index contributed by atoms with van der Waals surface area (Å²) in [6.07, 6.45) is 6.10. The molecule has 1 heteroatoms. The number of hydrogen-bond acceptors (Lipinski definition) is 1. The smallest absolute Gasteiger partial charge is 0.0373 e. The van der Waals surface area contributed by atoms with Crippen LogP contribution in [0.25, 0.3) is 0 Å². The number of allylic oxidation sites excluding steroid dienone is 5. The third kappa shape index (κ3) is 2.11. The summed E-state index contributed by atoms with van der Waals surface area (Å²) in [5, 5.41) is 3.29. The average molecular weight is 175 g/mol. The van der Waals surface area contributed by atoms with Gasteiger partial charge in [-0.1, -0.05) is 25.3 Å². The van der Waals surface area contributed by atoms with E-state index in [1.54, 1.807) is 0 Å². The Bertz CT molecular complexity index is 292. The fourth-order valence-electron chi connectivity index (χ4n) is 1.52. The van der Waals surface area contributed by atoms with Crippen molar-refractivity contribution in [2.24, 2.45) is 0 Å². The van der Waals surface area contributed by atoms with E-state index in [0.29, 0.717) is 0 Å². The van der Waals surface area contributed by atoms with Crippen LogP contribution >= 0.6 is 0 Å². The van der Waals surface area contributed by atoms with Gasteiger partial charge in [0.05, 0.1) is 0 Å². The first kappa shape index (κ1) is 9.85. The first-order chi connectivity index (χ1) is 6.19. The van der Waals surface area contributed by atoms with Crippen molar-refractivity contribution < 1.29 is 0 Å². The second kappa shape index (κ2) is 4.13. The van der Waals surface area contributed by atoms with Gasteiger partial charge in [0, 0.05) is 11.4 Å². The first-order valence-corrected chi connectivity index (χ1v) is 4.62. The van der Waals surface area contributed by atoms with Crippen molar-refractivity contribution in [2.75, 3.05) is 0 Å². The van der Waals surface area contributed by atoms with Crippen molar-refractivity contribution in [1.82, 2.24) is 5.32 Å². The molecule has 1 N–H and O–H groups in total. The lowest BCUT2D eigenvalue weighted by Crippen LogP contribution is -2.19. The van der Waals surface area contributed by atoms with E-state index in [1.165, 1.54) is 16.8 Å². The molecule has 0 atom stereocenters. The molecule has 0 bridgehead atoms. The van der Waals surface area contributed by atoms with Gasteiger partial charge in [0.15, 0.2) is 0 Å². The fourth-order valence-corrected chi connectivity index (χ4v) is 1.52. The Morgan fingerprint density at radius 3 is 2.69 bits per heavy atom. The van der Waals surface area contributed by atoms with Crippen molar-refractivity contribution >= 4 is 0 Å². The summed E-state index contributed by atoms with van der Waals surface area (Å²) in [7, 11) is 0. The Labute approximate surface area is 80.5 Å². The predicted molar refractivity (Wildman–Crippen MR) is 58.2 cm³/mol. The molecule has 1 rings (SSSR count). The topological polar surface area (TPSA) is 12.0 Å². The first-order valence-electron chi connectivity index (χ1n) is 4.62. The minimum Gasteiger partial charge on any atom is -0.359 e. The molecule has 0 aromatic rings. The molecule has 1 aliphatic heterocycles. The van der Waals surface area contributed by atoms with Gasteiger partial charge in [-0.05, 0) is 37.8 Å². The highest BCUT2D eigenvalue weighted by Gasteiger charge is 2.13. The monoisotopic (exact) mass is 175 g/mol. The fraction of sp³-hybridized carbons (Fsp3) is 0.333. The Morgan fingerprint density at radius 2 is 2.15 bits per heavy atom. The molecule has 1 nitrogen and oxygen atoms in total. The van der Waals surface area contributed by atoms with Gasteiger partial charge in [-0.2, -0.15) is 0 Å². The third-order valence-corrected chi connectivity index (χ3v) is 2.38. The van der Waals surface area contributed by atoms with E-state index in [2.05, 4.69) is 31.5 Å². The summed E-state index contributed by atoms with van der Waals surface area (Å²) < 4.78 is 0. The van der Waals surface area contributed by atoms with E-state index in [4.69, 9.17) is 0 Å². The molecule has 1 aliphatic rings. The molecule has 1 fully saturated rings. The van der Waals surface area contributed by atoms with Gasteiger partial charge < -0.3 is 5.32 Å². The van der Waals surface area contributed by atoms with Crippen molar-refractivity contribution in [3.63, 3.8) is 0 Å². The van der Waals surface area contributed by atoms with Crippen LogP contribution in [-0.4, -0.2) is 0 Å². The van der Waals surface area contributed by atoms with Crippen LogP contribution in [0.1, 0.15) is 26.7 Å². The zero-order valence-corrected chi connectivity index (χ0v) is 8.48. The van der Waals surface area contributed by atoms with Gasteiger partial charge in [-0.3, -0.25) is 0 Å². The van der Waals surface area contributed by atoms with E-state index in [9.17, 15) is 0 Å². The molecule has 0 radical (unpaired) electrons. The van der Waals surface area contributed by atoms with Crippen LogP contribution in [0, 0.1) is 0 Å². The average Bonchev–Trinajstić information content (AvgIpc) is 2.16. The lowest BCUT2D eigenvalue weighted by molar-refractivity contribution is 0.762. The van der Waals surface area contributed by atoms with Crippen LogP contribution in [0.4, 0.5) is 0 Å². The molecule has 1 saturated heterocycles. The van der Waals surface area contributed by atoms with Crippen LogP contribution in [0.2, 0.25) is 0 Å². The summed E-state index contributed by atoms with van der Waals surface area (Å²) >= 11 is 0. The molecule has 13 heavy (non-hydrogen) atoms. The van der Waals surface area contributed by atoms with Gasteiger partial charge in [0.1, 0.15) is 0 Å². The van der Waals surface area contributed by atoms with E-state index in [0.717, 1.165) is 18.5 Å². The lowest BCUT2D eigenvalue weighted by atomic mass is 9.96. The predicted octanol–water partition coefficient (Wildman–Crippen LogP) is 3.29. The second-order valence-corrected chi connectivity index (χ2v) is 3.30. The highest BCUT2D eigenvalue weighted by Crippen LogP contribution is 2.26. The van der Waals surface area contributed by atoms with Crippen molar-refractivity contribution in [3.8, 4) is 0 Å². The van der Waals surface area contributed by atoms with Gasteiger partial charge in [-0.15, -0.1) is 0 Å². The molecule has 70 valence electrons. The zero-order chi connectivity index (χ0) is 9.84. The molecule has 0 saturated carbocycles. The molecule has 0 amide bonds. The van der Waals surface area contributed by atoms with Crippen molar-refractivity contribution in [1.29, 1.82) is 0 Å². The maximum absolute atomic E-state index is 3.93. The number of piperidine rings is 1. The molecule has 0 spiro atoms. The van der Waals surface area contributed by atoms with Crippen LogP contribution in [0.15, 0.2) is 47.9 Å².